The maximum absolute atomic E-state index is 8.80. The SMILES string of the molecule is CC(NC(C)(C)C#N)c1cn[nH]c1. The Morgan fingerprint density at radius 1 is 1.69 bits per heavy atom. The van der Waals surface area contributed by atoms with Crippen LogP contribution >= 0.6 is 0 Å². The van der Waals surface area contributed by atoms with Crippen LogP contribution < -0.4 is 5.32 Å². The first-order valence-electron chi connectivity index (χ1n) is 4.23. The lowest BCUT2D eigenvalue weighted by Crippen LogP contribution is -2.39. The van der Waals surface area contributed by atoms with Gasteiger partial charge in [0.05, 0.1) is 12.3 Å². The van der Waals surface area contributed by atoms with E-state index in [0.29, 0.717) is 0 Å². The summed E-state index contributed by atoms with van der Waals surface area (Å²) in [6, 6.07) is 2.33. The van der Waals surface area contributed by atoms with E-state index in [1.807, 2.05) is 27.0 Å². The Bertz CT molecular complexity index is 294. The highest BCUT2D eigenvalue weighted by molar-refractivity contribution is 5.11. The van der Waals surface area contributed by atoms with E-state index < -0.39 is 5.54 Å². The third-order valence-corrected chi connectivity index (χ3v) is 1.88. The highest BCUT2D eigenvalue weighted by Crippen LogP contribution is 2.13. The predicted octanol–water partition coefficient (Wildman–Crippen LogP) is 1.36. The van der Waals surface area contributed by atoms with E-state index in [2.05, 4.69) is 21.6 Å². The van der Waals surface area contributed by atoms with Crippen LogP contribution in [-0.4, -0.2) is 15.7 Å². The summed E-state index contributed by atoms with van der Waals surface area (Å²) in [7, 11) is 0. The van der Waals surface area contributed by atoms with Gasteiger partial charge < -0.3 is 0 Å². The standard InChI is InChI=1S/C9H14N4/c1-7(8-4-11-12-5-8)13-9(2,3)6-10/h4-5,7,13H,1-3H3,(H,11,12). The van der Waals surface area contributed by atoms with E-state index in [1.165, 1.54) is 0 Å². The van der Waals surface area contributed by atoms with Crippen molar-refractivity contribution in [3.8, 4) is 6.07 Å². The molecular weight excluding hydrogens is 164 g/mol. The van der Waals surface area contributed by atoms with Crippen LogP contribution in [0.5, 0.6) is 0 Å². The number of hydrogen-bond donors (Lipinski definition) is 2. The third-order valence-electron chi connectivity index (χ3n) is 1.88. The molecule has 0 fully saturated rings. The molecule has 0 saturated heterocycles. The van der Waals surface area contributed by atoms with Crippen LogP contribution in [0, 0.1) is 11.3 Å². The molecule has 0 aliphatic rings. The van der Waals surface area contributed by atoms with Gasteiger partial charge in [-0.3, -0.25) is 10.4 Å². The summed E-state index contributed by atoms with van der Waals surface area (Å²) in [6.45, 7) is 5.71. The van der Waals surface area contributed by atoms with Crippen LogP contribution in [0.25, 0.3) is 0 Å². The fourth-order valence-electron chi connectivity index (χ4n) is 1.15. The molecule has 1 heterocycles. The molecule has 0 aliphatic carbocycles. The van der Waals surface area contributed by atoms with Crippen molar-refractivity contribution in [2.45, 2.75) is 32.4 Å². The topological polar surface area (TPSA) is 64.5 Å². The second-order valence-corrected chi connectivity index (χ2v) is 3.63. The van der Waals surface area contributed by atoms with Gasteiger partial charge in [0.25, 0.3) is 0 Å². The molecule has 2 N–H and O–H groups in total. The number of nitriles is 1. The van der Waals surface area contributed by atoms with Crippen LogP contribution in [0.15, 0.2) is 12.4 Å². The van der Waals surface area contributed by atoms with E-state index >= 15 is 0 Å². The minimum Gasteiger partial charge on any atom is -0.293 e. The highest BCUT2D eigenvalue weighted by atomic mass is 15.1. The second kappa shape index (κ2) is 3.58. The zero-order chi connectivity index (χ0) is 9.90. The average Bonchev–Trinajstić information content (AvgIpc) is 2.55. The van der Waals surface area contributed by atoms with E-state index in [9.17, 15) is 0 Å². The van der Waals surface area contributed by atoms with E-state index in [1.54, 1.807) is 6.20 Å². The summed E-state index contributed by atoms with van der Waals surface area (Å²) >= 11 is 0. The summed E-state index contributed by atoms with van der Waals surface area (Å²) in [6.07, 6.45) is 3.58. The number of rotatable bonds is 3. The van der Waals surface area contributed by atoms with Crippen LogP contribution in [0.1, 0.15) is 32.4 Å². The first-order valence-corrected chi connectivity index (χ1v) is 4.23. The summed E-state index contributed by atoms with van der Waals surface area (Å²) in [5.74, 6) is 0. The van der Waals surface area contributed by atoms with Gasteiger partial charge in [0.2, 0.25) is 0 Å². The van der Waals surface area contributed by atoms with Gasteiger partial charge in [-0.2, -0.15) is 10.4 Å². The van der Waals surface area contributed by atoms with Crippen molar-refractivity contribution < 1.29 is 0 Å². The van der Waals surface area contributed by atoms with Gasteiger partial charge in [-0.15, -0.1) is 0 Å². The fraction of sp³-hybridized carbons (Fsp3) is 0.556. The normalized spacial score (nSPS) is 13.7. The Hall–Kier alpha value is -1.34. The lowest BCUT2D eigenvalue weighted by atomic mass is 10.0. The molecule has 0 aliphatic heterocycles. The average molecular weight is 178 g/mol. The van der Waals surface area contributed by atoms with Gasteiger partial charge in [-0.25, -0.2) is 0 Å². The third kappa shape index (κ3) is 2.56. The summed E-state index contributed by atoms with van der Waals surface area (Å²) in [5.41, 5.74) is 0.555. The van der Waals surface area contributed by atoms with Crippen LogP contribution in [0.2, 0.25) is 0 Å². The smallest absolute Gasteiger partial charge is 0.101 e. The van der Waals surface area contributed by atoms with E-state index in [0.717, 1.165) is 5.56 Å². The summed E-state index contributed by atoms with van der Waals surface area (Å²) in [4.78, 5) is 0. The molecule has 0 spiro atoms. The summed E-state index contributed by atoms with van der Waals surface area (Å²) in [5, 5.41) is 18.6. The van der Waals surface area contributed by atoms with Crippen LogP contribution in [0.4, 0.5) is 0 Å². The summed E-state index contributed by atoms with van der Waals surface area (Å²) < 4.78 is 0. The van der Waals surface area contributed by atoms with Crippen LogP contribution in [0.3, 0.4) is 0 Å². The van der Waals surface area contributed by atoms with Crippen molar-refractivity contribution in [3.63, 3.8) is 0 Å². The number of aromatic amines is 1. The highest BCUT2D eigenvalue weighted by Gasteiger charge is 2.19. The maximum Gasteiger partial charge on any atom is 0.101 e. The molecule has 4 nitrogen and oxygen atoms in total. The maximum atomic E-state index is 8.80. The molecule has 1 aromatic rings. The molecule has 70 valence electrons. The molecule has 0 bridgehead atoms. The number of hydrogen-bond acceptors (Lipinski definition) is 3. The molecular formula is C9H14N4. The molecule has 1 unspecified atom stereocenters. The van der Waals surface area contributed by atoms with Crippen molar-refractivity contribution in [1.29, 1.82) is 5.26 Å². The van der Waals surface area contributed by atoms with Gasteiger partial charge in [-0.1, -0.05) is 0 Å². The molecule has 0 radical (unpaired) electrons. The fourth-order valence-corrected chi connectivity index (χ4v) is 1.15. The Morgan fingerprint density at radius 2 is 2.38 bits per heavy atom. The first-order chi connectivity index (χ1) is 6.05. The molecule has 0 saturated carbocycles. The molecule has 0 amide bonds. The zero-order valence-electron chi connectivity index (χ0n) is 8.13. The zero-order valence-corrected chi connectivity index (χ0v) is 8.13. The Morgan fingerprint density at radius 3 is 2.85 bits per heavy atom. The number of H-pyrrole nitrogens is 1. The molecule has 13 heavy (non-hydrogen) atoms. The van der Waals surface area contributed by atoms with Gasteiger partial charge in [0.1, 0.15) is 5.54 Å². The Labute approximate surface area is 78.0 Å². The van der Waals surface area contributed by atoms with Crippen molar-refractivity contribution in [2.24, 2.45) is 0 Å². The van der Waals surface area contributed by atoms with Gasteiger partial charge in [0, 0.05) is 17.8 Å². The van der Waals surface area contributed by atoms with Gasteiger partial charge in [0.15, 0.2) is 0 Å². The van der Waals surface area contributed by atoms with Crippen LogP contribution in [-0.2, 0) is 0 Å². The molecule has 1 atom stereocenters. The molecule has 1 aromatic heterocycles. The lowest BCUT2D eigenvalue weighted by Gasteiger charge is -2.22. The second-order valence-electron chi connectivity index (χ2n) is 3.63. The number of nitrogens with one attached hydrogen (secondary N) is 2. The molecule has 0 aromatic carbocycles. The van der Waals surface area contributed by atoms with Gasteiger partial charge >= 0.3 is 0 Å². The largest absolute Gasteiger partial charge is 0.293 e. The predicted molar refractivity (Wildman–Crippen MR) is 49.8 cm³/mol. The van der Waals surface area contributed by atoms with Crippen molar-refractivity contribution in [2.75, 3.05) is 0 Å². The minimum absolute atomic E-state index is 0.133. The monoisotopic (exact) mass is 178 g/mol. The Balaban J connectivity index is 2.62. The van der Waals surface area contributed by atoms with Crippen molar-refractivity contribution >= 4 is 0 Å². The van der Waals surface area contributed by atoms with Gasteiger partial charge in [-0.05, 0) is 20.8 Å². The molecule has 1 rings (SSSR count). The number of aromatic nitrogens is 2. The van der Waals surface area contributed by atoms with E-state index in [4.69, 9.17) is 5.26 Å². The van der Waals surface area contributed by atoms with Crippen molar-refractivity contribution in [3.05, 3.63) is 18.0 Å². The van der Waals surface area contributed by atoms with E-state index in [-0.39, 0.29) is 6.04 Å². The Kier molecular flexibility index (Phi) is 2.69. The van der Waals surface area contributed by atoms with Crippen molar-refractivity contribution in [1.82, 2.24) is 15.5 Å². The number of nitrogens with zero attached hydrogens (tertiary/aromatic N) is 2. The lowest BCUT2D eigenvalue weighted by molar-refractivity contribution is 0.427. The quantitative estimate of drug-likeness (QED) is 0.734. The first kappa shape index (κ1) is 9.75. The minimum atomic E-state index is -0.503. The molecule has 4 heteroatoms.